The van der Waals surface area contributed by atoms with Crippen LogP contribution in [0, 0.1) is 0 Å². The Morgan fingerprint density at radius 3 is 2.26 bits per heavy atom. The van der Waals surface area contributed by atoms with Gasteiger partial charge in [-0.2, -0.15) is 13.2 Å². The third-order valence-corrected chi connectivity index (χ3v) is 5.37. The molecule has 0 aliphatic rings. The molecule has 0 spiro atoms. The van der Waals surface area contributed by atoms with Crippen molar-refractivity contribution in [2.45, 2.75) is 16.1 Å². The van der Waals surface area contributed by atoms with Gasteiger partial charge in [-0.05, 0) is 42.5 Å². The Balaban J connectivity index is 1.62. The van der Waals surface area contributed by atoms with Crippen molar-refractivity contribution in [3.63, 3.8) is 0 Å². The number of imide groups is 1. The Hall–Kier alpha value is -2.75. The number of rotatable bonds is 4. The lowest BCUT2D eigenvalue weighted by atomic mass is 10.2. The van der Waals surface area contributed by atoms with Gasteiger partial charge in [-0.1, -0.05) is 47.1 Å². The summed E-state index contributed by atoms with van der Waals surface area (Å²) in [6.45, 7) is 0. The van der Waals surface area contributed by atoms with E-state index in [1.807, 2.05) is 0 Å². The van der Waals surface area contributed by atoms with Gasteiger partial charge in [0.05, 0.1) is 33.1 Å². The molecular formula is C20H12Cl2F3N3O2S. The largest absolute Gasteiger partial charge is 0.416 e. The quantitative estimate of drug-likeness (QED) is 0.441. The van der Waals surface area contributed by atoms with E-state index in [4.69, 9.17) is 23.2 Å². The maximum absolute atomic E-state index is 12.8. The number of pyridine rings is 1. The minimum Gasteiger partial charge on any atom is -0.306 e. The summed E-state index contributed by atoms with van der Waals surface area (Å²) in [6.07, 6.45) is -3.13. The summed E-state index contributed by atoms with van der Waals surface area (Å²) in [6, 6.07) is 11.5. The molecule has 3 aromatic rings. The average Bonchev–Trinajstić information content (AvgIpc) is 2.69. The zero-order valence-electron chi connectivity index (χ0n) is 15.3. The highest BCUT2D eigenvalue weighted by Crippen LogP contribution is 2.34. The molecular weight excluding hydrogens is 474 g/mol. The molecule has 0 atom stereocenters. The molecule has 0 aliphatic carbocycles. The number of hydrogen-bond donors (Lipinski definition) is 2. The summed E-state index contributed by atoms with van der Waals surface area (Å²) in [5.74, 6) is -0.780. The lowest BCUT2D eigenvalue weighted by Gasteiger charge is -2.10. The number of carbonyl (C=O) groups excluding carboxylic acids is 2. The molecule has 160 valence electrons. The van der Waals surface area contributed by atoms with Crippen LogP contribution in [-0.4, -0.2) is 16.9 Å². The molecule has 0 aliphatic heterocycles. The van der Waals surface area contributed by atoms with E-state index in [2.05, 4.69) is 15.6 Å². The number of anilines is 1. The highest BCUT2D eigenvalue weighted by Gasteiger charge is 2.30. The molecule has 0 radical (unpaired) electrons. The molecule has 11 heteroatoms. The van der Waals surface area contributed by atoms with Crippen LogP contribution in [0.4, 0.5) is 23.7 Å². The van der Waals surface area contributed by atoms with Crippen molar-refractivity contribution in [2.24, 2.45) is 0 Å². The summed E-state index contributed by atoms with van der Waals surface area (Å²) in [5, 5.41) is 5.13. The monoisotopic (exact) mass is 485 g/mol. The number of aromatic nitrogens is 1. The molecule has 0 saturated carbocycles. The predicted molar refractivity (Wildman–Crippen MR) is 113 cm³/mol. The van der Waals surface area contributed by atoms with Crippen LogP contribution in [-0.2, 0) is 6.18 Å². The van der Waals surface area contributed by atoms with E-state index in [1.54, 1.807) is 6.07 Å². The molecule has 3 amide bonds. The van der Waals surface area contributed by atoms with E-state index in [9.17, 15) is 22.8 Å². The molecule has 0 fully saturated rings. The van der Waals surface area contributed by atoms with Crippen LogP contribution in [0.15, 0.2) is 70.7 Å². The van der Waals surface area contributed by atoms with Gasteiger partial charge in [-0.25, -0.2) is 9.78 Å². The average molecular weight is 486 g/mol. The minimum absolute atomic E-state index is 0.0352. The van der Waals surface area contributed by atoms with E-state index in [-0.39, 0.29) is 21.3 Å². The number of hydrogen-bond acceptors (Lipinski definition) is 4. The standard InChI is InChI=1S/C20H12Cl2F3N3O2S/c21-14-5-2-6-15(22)17(14)18(29)28-19(30)27-12-7-8-16(26-10-12)31-13-4-1-3-11(9-13)20(23,24)25/h1-10H,(H2,27,28,29,30). The second-order valence-corrected chi connectivity index (χ2v) is 7.93. The Labute approximate surface area is 189 Å². The zero-order chi connectivity index (χ0) is 22.6. The van der Waals surface area contributed by atoms with E-state index < -0.39 is 23.7 Å². The van der Waals surface area contributed by atoms with Gasteiger partial charge < -0.3 is 5.32 Å². The molecule has 3 rings (SSSR count). The van der Waals surface area contributed by atoms with Gasteiger partial charge in [0, 0.05) is 4.90 Å². The lowest BCUT2D eigenvalue weighted by molar-refractivity contribution is -0.137. The molecule has 1 aromatic heterocycles. The number of nitrogens with zero attached hydrogens (tertiary/aromatic N) is 1. The first-order valence-electron chi connectivity index (χ1n) is 8.51. The summed E-state index contributed by atoms with van der Waals surface area (Å²) in [4.78, 5) is 28.7. The van der Waals surface area contributed by atoms with E-state index in [0.717, 1.165) is 23.9 Å². The fourth-order valence-electron chi connectivity index (χ4n) is 2.41. The van der Waals surface area contributed by atoms with Crippen molar-refractivity contribution in [3.8, 4) is 0 Å². The first kappa shape index (κ1) is 22.9. The number of carbonyl (C=O) groups is 2. The Bertz CT molecular complexity index is 1110. The van der Waals surface area contributed by atoms with Crippen molar-refractivity contribution >= 4 is 52.6 Å². The first-order valence-corrected chi connectivity index (χ1v) is 10.1. The zero-order valence-corrected chi connectivity index (χ0v) is 17.7. The molecule has 0 bridgehead atoms. The molecule has 2 N–H and O–H groups in total. The van der Waals surface area contributed by atoms with Crippen molar-refractivity contribution in [3.05, 3.63) is 82.0 Å². The van der Waals surface area contributed by atoms with Crippen molar-refractivity contribution in [1.82, 2.24) is 10.3 Å². The van der Waals surface area contributed by atoms with Gasteiger partial charge in [-0.15, -0.1) is 0 Å². The first-order chi connectivity index (χ1) is 14.6. The summed E-state index contributed by atoms with van der Waals surface area (Å²) >= 11 is 12.9. The third-order valence-electron chi connectivity index (χ3n) is 3.79. The summed E-state index contributed by atoms with van der Waals surface area (Å²) < 4.78 is 38.4. The van der Waals surface area contributed by atoms with Crippen LogP contribution in [0.25, 0.3) is 0 Å². The van der Waals surface area contributed by atoms with Crippen molar-refractivity contribution < 1.29 is 22.8 Å². The third kappa shape index (κ3) is 6.13. The highest BCUT2D eigenvalue weighted by atomic mass is 35.5. The van der Waals surface area contributed by atoms with E-state index in [1.165, 1.54) is 42.6 Å². The Kier molecular flexibility index (Phi) is 7.09. The lowest BCUT2D eigenvalue weighted by Crippen LogP contribution is -2.34. The van der Waals surface area contributed by atoms with Crippen LogP contribution >= 0.6 is 35.0 Å². The summed E-state index contributed by atoms with van der Waals surface area (Å²) in [7, 11) is 0. The minimum atomic E-state index is -4.43. The van der Waals surface area contributed by atoms with Crippen molar-refractivity contribution in [1.29, 1.82) is 0 Å². The van der Waals surface area contributed by atoms with Crippen LogP contribution < -0.4 is 10.6 Å². The highest BCUT2D eigenvalue weighted by molar-refractivity contribution is 7.99. The number of halogens is 5. The van der Waals surface area contributed by atoms with E-state index >= 15 is 0 Å². The van der Waals surface area contributed by atoms with Gasteiger partial charge >= 0.3 is 12.2 Å². The van der Waals surface area contributed by atoms with Crippen LogP contribution in [0.5, 0.6) is 0 Å². The molecule has 1 heterocycles. The van der Waals surface area contributed by atoms with Crippen LogP contribution in [0.3, 0.4) is 0 Å². The predicted octanol–water partition coefficient (Wildman–Crippen LogP) is 6.52. The van der Waals surface area contributed by atoms with Crippen LogP contribution in [0.1, 0.15) is 15.9 Å². The SMILES string of the molecule is O=C(NC(=O)c1c(Cl)cccc1Cl)Nc1ccc(Sc2cccc(C(F)(F)F)c2)nc1. The van der Waals surface area contributed by atoms with Crippen molar-refractivity contribution in [2.75, 3.05) is 5.32 Å². The number of alkyl halides is 3. The van der Waals surface area contributed by atoms with Gasteiger partial charge in [0.25, 0.3) is 5.91 Å². The smallest absolute Gasteiger partial charge is 0.306 e. The molecule has 0 saturated heterocycles. The number of urea groups is 1. The fraction of sp³-hybridized carbons (Fsp3) is 0.0500. The maximum Gasteiger partial charge on any atom is 0.416 e. The Morgan fingerprint density at radius 2 is 1.65 bits per heavy atom. The van der Waals surface area contributed by atoms with Gasteiger partial charge in [0.15, 0.2) is 0 Å². The second-order valence-electron chi connectivity index (χ2n) is 6.02. The number of nitrogens with one attached hydrogen (secondary N) is 2. The fourth-order valence-corrected chi connectivity index (χ4v) is 3.80. The maximum atomic E-state index is 12.8. The van der Waals surface area contributed by atoms with Crippen LogP contribution in [0.2, 0.25) is 10.0 Å². The number of benzene rings is 2. The van der Waals surface area contributed by atoms with Gasteiger partial charge in [0.2, 0.25) is 0 Å². The second kappa shape index (κ2) is 9.59. The van der Waals surface area contributed by atoms with Gasteiger partial charge in [0.1, 0.15) is 5.03 Å². The number of amides is 3. The molecule has 2 aromatic carbocycles. The summed E-state index contributed by atoms with van der Waals surface area (Å²) in [5.41, 5.74) is -0.522. The molecule has 5 nitrogen and oxygen atoms in total. The molecule has 0 unspecified atom stereocenters. The Morgan fingerprint density at radius 1 is 0.968 bits per heavy atom. The van der Waals surface area contributed by atoms with Gasteiger partial charge in [-0.3, -0.25) is 10.1 Å². The normalized spacial score (nSPS) is 11.1. The molecule has 31 heavy (non-hydrogen) atoms. The van der Waals surface area contributed by atoms with E-state index in [0.29, 0.717) is 9.92 Å². The topological polar surface area (TPSA) is 71.1 Å².